The minimum absolute atomic E-state index is 0.0312. The molecule has 0 N–H and O–H groups in total. The van der Waals surface area contributed by atoms with Crippen molar-refractivity contribution in [3.05, 3.63) is 24.3 Å². The lowest BCUT2D eigenvalue weighted by molar-refractivity contribution is -0.870. The van der Waals surface area contributed by atoms with Gasteiger partial charge in [-0.05, 0) is 38.5 Å². The molecule has 0 aliphatic rings. The molecular formula is C46H88NO8P. The molecule has 0 bridgehead atoms. The van der Waals surface area contributed by atoms with Gasteiger partial charge in [0, 0.05) is 12.8 Å². The van der Waals surface area contributed by atoms with E-state index >= 15 is 0 Å². The Bertz CT molecular complexity index is 1010. The summed E-state index contributed by atoms with van der Waals surface area (Å²) in [6.45, 7) is 4.19. The maximum absolute atomic E-state index is 12.7. The number of phosphoric ester groups is 1. The van der Waals surface area contributed by atoms with Gasteiger partial charge in [0.1, 0.15) is 19.8 Å². The van der Waals surface area contributed by atoms with Crippen molar-refractivity contribution in [2.45, 2.75) is 213 Å². The zero-order valence-electron chi connectivity index (χ0n) is 37.1. The molecule has 0 radical (unpaired) electrons. The second-order valence-corrected chi connectivity index (χ2v) is 18.2. The quantitative estimate of drug-likeness (QED) is 0.0197. The molecule has 0 fully saturated rings. The molecule has 2 atom stereocenters. The van der Waals surface area contributed by atoms with E-state index in [0.717, 1.165) is 57.8 Å². The van der Waals surface area contributed by atoms with Crippen LogP contribution in [0, 0.1) is 0 Å². The highest BCUT2D eigenvalue weighted by Crippen LogP contribution is 2.38. The average molecular weight is 814 g/mol. The largest absolute Gasteiger partial charge is 0.756 e. The fourth-order valence-electron chi connectivity index (χ4n) is 6.32. The van der Waals surface area contributed by atoms with Gasteiger partial charge < -0.3 is 27.9 Å². The van der Waals surface area contributed by atoms with Crippen molar-refractivity contribution >= 4 is 19.8 Å². The molecule has 0 heterocycles. The summed E-state index contributed by atoms with van der Waals surface area (Å²) in [6.07, 6.45) is 42.0. The monoisotopic (exact) mass is 814 g/mol. The minimum atomic E-state index is -4.62. The van der Waals surface area contributed by atoms with Crippen LogP contribution in [0.5, 0.6) is 0 Å². The van der Waals surface area contributed by atoms with Crippen LogP contribution in [0.1, 0.15) is 206 Å². The third-order valence-electron chi connectivity index (χ3n) is 9.97. The molecule has 56 heavy (non-hydrogen) atoms. The first kappa shape index (κ1) is 54.5. The number of nitrogens with zero attached hydrogens (tertiary/aromatic N) is 1. The molecule has 1 unspecified atom stereocenters. The number of likely N-dealkylation sites (N-methyl/N-ethyl adjacent to an activating group) is 1. The number of hydrogen-bond donors (Lipinski definition) is 0. The SMILES string of the molecule is CCCC/C=C\C/C=C\CCCCCCCC(=O)OC[C@H](COP(=O)([O-])OCC[N+](C)(C)C)OC(=O)CCCCCCCCCCCCCCCCCCCC. The fraction of sp³-hybridized carbons (Fsp3) is 0.870. The summed E-state index contributed by atoms with van der Waals surface area (Å²) in [7, 11) is 1.16. The predicted molar refractivity (Wildman–Crippen MR) is 231 cm³/mol. The Balaban J connectivity index is 4.31. The number of ether oxygens (including phenoxy) is 2. The molecule has 9 nitrogen and oxygen atoms in total. The second-order valence-electron chi connectivity index (χ2n) is 16.8. The second kappa shape index (κ2) is 39.0. The van der Waals surface area contributed by atoms with Gasteiger partial charge in [0.2, 0.25) is 0 Å². The topological polar surface area (TPSA) is 111 Å². The molecular weight excluding hydrogens is 725 g/mol. The number of unbranched alkanes of at least 4 members (excludes halogenated alkanes) is 24. The number of hydrogen-bond acceptors (Lipinski definition) is 8. The van der Waals surface area contributed by atoms with Crippen molar-refractivity contribution in [3.63, 3.8) is 0 Å². The maximum atomic E-state index is 12.7. The fourth-order valence-corrected chi connectivity index (χ4v) is 7.05. The van der Waals surface area contributed by atoms with Crippen molar-refractivity contribution in [3.8, 4) is 0 Å². The van der Waals surface area contributed by atoms with Crippen LogP contribution < -0.4 is 4.89 Å². The van der Waals surface area contributed by atoms with Crippen molar-refractivity contribution in [1.29, 1.82) is 0 Å². The number of carbonyl (C=O) groups excluding carboxylic acids is 2. The number of quaternary nitrogens is 1. The van der Waals surface area contributed by atoms with E-state index < -0.39 is 32.5 Å². The first-order chi connectivity index (χ1) is 27.0. The summed E-state index contributed by atoms with van der Waals surface area (Å²) in [4.78, 5) is 37.6. The highest BCUT2D eigenvalue weighted by atomic mass is 31.2. The van der Waals surface area contributed by atoms with Gasteiger partial charge in [-0.25, -0.2) is 0 Å². The Morgan fingerprint density at radius 3 is 1.46 bits per heavy atom. The van der Waals surface area contributed by atoms with E-state index in [2.05, 4.69) is 38.2 Å². The van der Waals surface area contributed by atoms with Gasteiger partial charge in [-0.1, -0.05) is 179 Å². The van der Waals surface area contributed by atoms with Crippen LogP contribution in [-0.4, -0.2) is 70.0 Å². The van der Waals surface area contributed by atoms with Crippen LogP contribution >= 0.6 is 7.82 Å². The Morgan fingerprint density at radius 1 is 0.554 bits per heavy atom. The summed E-state index contributed by atoms with van der Waals surface area (Å²) in [5, 5.41) is 0. The van der Waals surface area contributed by atoms with E-state index in [1.54, 1.807) is 0 Å². The maximum Gasteiger partial charge on any atom is 0.306 e. The van der Waals surface area contributed by atoms with Crippen LogP contribution in [0.4, 0.5) is 0 Å². The molecule has 10 heteroatoms. The van der Waals surface area contributed by atoms with Gasteiger partial charge in [0.15, 0.2) is 6.10 Å². The minimum Gasteiger partial charge on any atom is -0.756 e. The van der Waals surface area contributed by atoms with Gasteiger partial charge in [-0.3, -0.25) is 14.2 Å². The molecule has 0 spiro atoms. The molecule has 0 saturated heterocycles. The van der Waals surface area contributed by atoms with E-state index in [0.29, 0.717) is 23.9 Å². The smallest absolute Gasteiger partial charge is 0.306 e. The van der Waals surface area contributed by atoms with Gasteiger partial charge >= 0.3 is 11.9 Å². The summed E-state index contributed by atoms with van der Waals surface area (Å²) in [5.74, 6) is -0.843. The molecule has 330 valence electrons. The van der Waals surface area contributed by atoms with Crippen LogP contribution in [0.25, 0.3) is 0 Å². The highest BCUT2D eigenvalue weighted by Gasteiger charge is 2.21. The van der Waals surface area contributed by atoms with Crippen LogP contribution in [0.3, 0.4) is 0 Å². The van der Waals surface area contributed by atoms with E-state index in [1.807, 2.05) is 21.1 Å². The number of rotatable bonds is 42. The van der Waals surface area contributed by atoms with Gasteiger partial charge in [0.25, 0.3) is 7.82 Å². The average Bonchev–Trinajstić information content (AvgIpc) is 3.15. The normalized spacial score (nSPS) is 13.8. The van der Waals surface area contributed by atoms with E-state index in [4.69, 9.17) is 18.5 Å². The molecule has 0 aliphatic heterocycles. The molecule has 0 aliphatic carbocycles. The first-order valence-corrected chi connectivity index (χ1v) is 24.5. The number of carbonyl (C=O) groups is 2. The lowest BCUT2D eigenvalue weighted by atomic mass is 10.0. The third kappa shape index (κ3) is 42.1. The van der Waals surface area contributed by atoms with Crippen molar-refractivity contribution in [1.82, 2.24) is 0 Å². The van der Waals surface area contributed by atoms with Gasteiger partial charge in [-0.15, -0.1) is 0 Å². The summed E-state index contributed by atoms with van der Waals surface area (Å²) < 4.78 is 33.9. The first-order valence-electron chi connectivity index (χ1n) is 23.0. The Hall–Kier alpha value is -1.51. The van der Waals surface area contributed by atoms with Crippen molar-refractivity contribution in [2.24, 2.45) is 0 Å². The van der Waals surface area contributed by atoms with Crippen LogP contribution in [0.15, 0.2) is 24.3 Å². The molecule has 0 aromatic heterocycles. The molecule has 0 aromatic carbocycles. The molecule has 0 saturated carbocycles. The lowest BCUT2D eigenvalue weighted by Gasteiger charge is -2.28. The Kier molecular flexibility index (Phi) is 37.9. The molecule has 0 aromatic rings. The predicted octanol–water partition coefficient (Wildman–Crippen LogP) is 12.5. The summed E-state index contributed by atoms with van der Waals surface area (Å²) in [5.41, 5.74) is 0. The third-order valence-corrected chi connectivity index (χ3v) is 10.9. The number of esters is 2. The van der Waals surface area contributed by atoms with E-state index in [1.165, 1.54) is 109 Å². The van der Waals surface area contributed by atoms with Crippen LogP contribution in [0.2, 0.25) is 0 Å². The lowest BCUT2D eigenvalue weighted by Crippen LogP contribution is -2.37. The van der Waals surface area contributed by atoms with E-state index in [9.17, 15) is 19.0 Å². The molecule has 0 amide bonds. The van der Waals surface area contributed by atoms with Gasteiger partial charge in [-0.2, -0.15) is 0 Å². The number of allylic oxidation sites excluding steroid dienone is 4. The summed E-state index contributed by atoms with van der Waals surface area (Å²) in [6, 6.07) is 0. The Labute approximate surface area is 345 Å². The van der Waals surface area contributed by atoms with Gasteiger partial charge in [0.05, 0.1) is 27.7 Å². The van der Waals surface area contributed by atoms with Crippen molar-refractivity contribution < 1.29 is 42.1 Å². The number of phosphoric acid groups is 1. The standard InChI is InChI=1S/C46H88NO8P/c1-6-8-10-12-14-16-18-20-22-23-24-25-27-29-31-33-35-37-39-46(49)55-44(43-54-56(50,51)53-41-40-47(3,4)5)42-52-45(48)38-36-34-32-30-28-26-21-19-17-15-13-11-9-7-2/h13,15,19,21,44H,6-12,14,16-18,20,22-43H2,1-5H3/b15-13-,21-19-/t44-/m1/s1. The summed E-state index contributed by atoms with van der Waals surface area (Å²) >= 11 is 0. The molecule has 0 rings (SSSR count). The Morgan fingerprint density at radius 2 is 0.982 bits per heavy atom. The van der Waals surface area contributed by atoms with Crippen LogP contribution in [-0.2, 0) is 32.7 Å². The zero-order chi connectivity index (χ0) is 41.4. The van der Waals surface area contributed by atoms with Crippen molar-refractivity contribution in [2.75, 3.05) is 47.5 Å². The zero-order valence-corrected chi connectivity index (χ0v) is 38.0. The van der Waals surface area contributed by atoms with E-state index in [-0.39, 0.29) is 26.1 Å². The highest BCUT2D eigenvalue weighted by molar-refractivity contribution is 7.45.